The number of methoxy groups -OCH3 is 1. The Morgan fingerprint density at radius 1 is 1.19 bits per heavy atom. The number of nitro groups is 1. The summed E-state index contributed by atoms with van der Waals surface area (Å²) < 4.78 is 18.7. The second kappa shape index (κ2) is 12.4. The minimum Gasteiger partial charge on any atom is -0.493 e. The summed E-state index contributed by atoms with van der Waals surface area (Å²) in [6.45, 7) is 8.95. The van der Waals surface area contributed by atoms with Gasteiger partial charge in [0.25, 0.3) is 11.2 Å². The molecule has 1 aromatic heterocycles. The van der Waals surface area contributed by atoms with Crippen LogP contribution in [0.2, 0.25) is 0 Å². The number of nitro benzene ring substituents is 1. The zero-order valence-corrected chi connectivity index (χ0v) is 25.6. The number of thiazole rings is 1. The molecule has 0 saturated carbocycles. The highest BCUT2D eigenvalue weighted by Crippen LogP contribution is 2.37. The molecule has 2 aromatic carbocycles. The largest absolute Gasteiger partial charge is 0.493 e. The van der Waals surface area contributed by atoms with Gasteiger partial charge in [0, 0.05) is 19.2 Å². The lowest BCUT2D eigenvalue weighted by Crippen LogP contribution is -2.40. The van der Waals surface area contributed by atoms with Crippen molar-refractivity contribution in [1.29, 1.82) is 0 Å². The number of hydrogen-bond acceptors (Lipinski definition) is 10. The molecule has 0 bridgehead atoms. The normalized spacial score (nSPS) is 16.7. The van der Waals surface area contributed by atoms with Crippen LogP contribution in [-0.2, 0) is 9.53 Å². The number of nitrogens with zero attached hydrogens (tertiary/aromatic N) is 4. The Balaban J connectivity index is 1.66. The second-order valence-electron chi connectivity index (χ2n) is 10.6. The maximum Gasteiger partial charge on any atom is 0.338 e. The smallest absolute Gasteiger partial charge is 0.338 e. The van der Waals surface area contributed by atoms with Gasteiger partial charge >= 0.3 is 5.97 Å². The Labute approximate surface area is 252 Å². The van der Waals surface area contributed by atoms with E-state index in [9.17, 15) is 19.7 Å². The van der Waals surface area contributed by atoms with Crippen LogP contribution in [0.5, 0.6) is 11.5 Å². The van der Waals surface area contributed by atoms with Crippen LogP contribution in [0.25, 0.3) is 6.08 Å². The monoisotopic (exact) mass is 606 g/mol. The molecular formula is C31H34N4O7S. The molecule has 0 radical (unpaired) electrons. The lowest BCUT2D eigenvalue weighted by molar-refractivity contribution is -0.384. The molecule has 2 aliphatic heterocycles. The highest BCUT2D eigenvalue weighted by atomic mass is 32.1. The van der Waals surface area contributed by atoms with Crippen molar-refractivity contribution in [2.75, 3.05) is 31.7 Å². The fourth-order valence-electron chi connectivity index (χ4n) is 5.47. The molecule has 5 rings (SSSR count). The fraction of sp³-hybridized carbons (Fsp3) is 0.387. The standard InChI is InChI=1S/C31H34N4O7S/c1-6-41-30(37)27-19(4)32-31-34(28(27)21-10-12-24(42-18(2)3)25(17-21)40-5)29(36)26(43-31)16-20-9-11-22(23(15-20)35(38)39)33-13-7-8-14-33/h9-12,15-18,28H,6-8,13-14H2,1-5H3. The first-order valence-corrected chi connectivity index (χ1v) is 15.0. The minimum atomic E-state index is -0.841. The van der Waals surface area contributed by atoms with E-state index in [2.05, 4.69) is 4.99 Å². The molecule has 0 N–H and O–H groups in total. The van der Waals surface area contributed by atoms with Crippen LogP contribution in [0.15, 0.2) is 57.5 Å². The second-order valence-corrected chi connectivity index (χ2v) is 11.6. The summed E-state index contributed by atoms with van der Waals surface area (Å²) >= 11 is 1.16. The van der Waals surface area contributed by atoms with Crippen LogP contribution in [-0.4, -0.2) is 48.4 Å². The van der Waals surface area contributed by atoms with Crippen molar-refractivity contribution in [2.24, 2.45) is 4.99 Å². The Bertz CT molecular complexity index is 1780. The first kappa shape index (κ1) is 30.0. The van der Waals surface area contributed by atoms with Crippen LogP contribution >= 0.6 is 11.3 Å². The Kier molecular flexibility index (Phi) is 8.67. The molecular weight excluding hydrogens is 572 g/mol. The van der Waals surface area contributed by atoms with E-state index < -0.39 is 12.0 Å². The van der Waals surface area contributed by atoms with Crippen LogP contribution in [0.3, 0.4) is 0 Å². The van der Waals surface area contributed by atoms with E-state index in [0.29, 0.717) is 43.3 Å². The van der Waals surface area contributed by atoms with Gasteiger partial charge in [-0.1, -0.05) is 23.5 Å². The predicted molar refractivity (Wildman–Crippen MR) is 164 cm³/mol. The van der Waals surface area contributed by atoms with E-state index in [0.717, 1.165) is 37.3 Å². The fourth-order valence-corrected chi connectivity index (χ4v) is 6.51. The lowest BCUT2D eigenvalue weighted by Gasteiger charge is -2.25. The average Bonchev–Trinajstić information content (AvgIpc) is 3.61. The molecule has 3 heterocycles. The van der Waals surface area contributed by atoms with E-state index in [-0.39, 0.29) is 34.5 Å². The molecule has 226 valence electrons. The minimum absolute atomic E-state index is 0.00227. The number of ether oxygens (including phenoxy) is 3. The topological polar surface area (TPSA) is 126 Å². The predicted octanol–water partition coefficient (Wildman–Crippen LogP) is 4.10. The van der Waals surface area contributed by atoms with Crippen molar-refractivity contribution in [3.05, 3.63) is 88.6 Å². The highest BCUT2D eigenvalue weighted by Gasteiger charge is 2.34. The average molecular weight is 607 g/mol. The van der Waals surface area contributed by atoms with E-state index in [1.165, 1.54) is 17.7 Å². The first-order chi connectivity index (χ1) is 20.6. The SMILES string of the molecule is CCOC(=O)C1=C(C)N=c2sc(=Cc3ccc(N4CCCC4)c([N+](=O)[O-])c3)c(=O)n2C1c1ccc(OC(C)C)c(OC)c1. The lowest BCUT2D eigenvalue weighted by atomic mass is 9.95. The zero-order valence-electron chi connectivity index (χ0n) is 24.8. The van der Waals surface area contributed by atoms with Gasteiger partial charge in [-0.25, -0.2) is 9.79 Å². The molecule has 1 atom stereocenters. The zero-order chi connectivity index (χ0) is 30.8. The van der Waals surface area contributed by atoms with Gasteiger partial charge in [0.2, 0.25) is 0 Å². The van der Waals surface area contributed by atoms with Crippen molar-refractivity contribution >= 4 is 34.8 Å². The van der Waals surface area contributed by atoms with Gasteiger partial charge in [-0.3, -0.25) is 19.5 Å². The van der Waals surface area contributed by atoms with Crippen LogP contribution < -0.4 is 29.3 Å². The van der Waals surface area contributed by atoms with E-state index >= 15 is 0 Å². The number of carbonyl (C=O) groups excluding carboxylic acids is 1. The highest BCUT2D eigenvalue weighted by molar-refractivity contribution is 7.07. The maximum atomic E-state index is 14.0. The number of rotatable bonds is 9. The number of esters is 1. The quantitative estimate of drug-likeness (QED) is 0.203. The molecule has 12 heteroatoms. The molecule has 43 heavy (non-hydrogen) atoms. The Hall–Kier alpha value is -4.45. The summed E-state index contributed by atoms with van der Waals surface area (Å²) in [4.78, 5) is 45.8. The maximum absolute atomic E-state index is 14.0. The van der Waals surface area contributed by atoms with Crippen molar-refractivity contribution < 1.29 is 23.9 Å². The number of anilines is 1. The van der Waals surface area contributed by atoms with Crippen molar-refractivity contribution in [2.45, 2.75) is 52.7 Å². The van der Waals surface area contributed by atoms with Crippen LogP contribution in [0.4, 0.5) is 11.4 Å². The molecule has 2 aliphatic rings. The molecule has 0 spiro atoms. The summed E-state index contributed by atoms with van der Waals surface area (Å²) in [7, 11) is 1.53. The van der Waals surface area contributed by atoms with Gasteiger partial charge in [0.15, 0.2) is 16.3 Å². The van der Waals surface area contributed by atoms with Gasteiger partial charge in [-0.15, -0.1) is 0 Å². The van der Waals surface area contributed by atoms with E-state index in [4.69, 9.17) is 14.2 Å². The van der Waals surface area contributed by atoms with Crippen molar-refractivity contribution in [3.63, 3.8) is 0 Å². The van der Waals surface area contributed by atoms with E-state index in [1.807, 2.05) is 18.7 Å². The number of aromatic nitrogens is 1. The molecule has 0 aliphatic carbocycles. The third-order valence-corrected chi connectivity index (χ3v) is 8.31. The summed E-state index contributed by atoms with van der Waals surface area (Å²) in [5.74, 6) is 0.417. The van der Waals surface area contributed by atoms with Crippen molar-refractivity contribution in [1.82, 2.24) is 4.57 Å². The molecule has 11 nitrogen and oxygen atoms in total. The number of benzene rings is 2. The number of fused-ring (bicyclic) bond motifs is 1. The van der Waals surface area contributed by atoms with Gasteiger partial charge < -0.3 is 19.1 Å². The summed E-state index contributed by atoms with van der Waals surface area (Å²) in [6.07, 6.45) is 3.53. The van der Waals surface area contributed by atoms with Gasteiger partial charge in [0.05, 0.1) is 46.6 Å². The summed E-state index contributed by atoms with van der Waals surface area (Å²) in [5.41, 5.74) is 2.01. The number of carbonyl (C=O) groups is 1. The molecule has 0 amide bonds. The van der Waals surface area contributed by atoms with Gasteiger partial charge in [-0.2, -0.15) is 0 Å². The van der Waals surface area contributed by atoms with E-state index in [1.54, 1.807) is 50.3 Å². The number of hydrogen-bond donors (Lipinski definition) is 0. The third kappa shape index (κ3) is 5.92. The first-order valence-electron chi connectivity index (χ1n) is 14.2. The van der Waals surface area contributed by atoms with Crippen molar-refractivity contribution in [3.8, 4) is 11.5 Å². The molecule has 3 aromatic rings. The molecule has 1 unspecified atom stereocenters. The third-order valence-electron chi connectivity index (χ3n) is 7.32. The Morgan fingerprint density at radius 2 is 1.93 bits per heavy atom. The van der Waals surface area contributed by atoms with Gasteiger partial charge in [0.1, 0.15) is 5.69 Å². The summed E-state index contributed by atoms with van der Waals surface area (Å²) in [5, 5.41) is 12.0. The van der Waals surface area contributed by atoms with Crippen LogP contribution in [0.1, 0.15) is 57.7 Å². The van der Waals surface area contributed by atoms with Gasteiger partial charge in [-0.05, 0) is 75.9 Å². The van der Waals surface area contributed by atoms with Crippen LogP contribution in [0, 0.1) is 10.1 Å². The summed E-state index contributed by atoms with van der Waals surface area (Å²) in [6, 6.07) is 9.47. The molecule has 1 saturated heterocycles. The Morgan fingerprint density at radius 3 is 2.58 bits per heavy atom. The molecule has 1 fully saturated rings. The number of allylic oxidation sites excluding steroid dienone is 1.